The van der Waals surface area contributed by atoms with Crippen molar-refractivity contribution in [3.05, 3.63) is 0 Å². The highest BCUT2D eigenvalue weighted by Crippen LogP contribution is 2.23. The zero-order valence-electron chi connectivity index (χ0n) is 10.7. The highest BCUT2D eigenvalue weighted by Gasteiger charge is 2.20. The van der Waals surface area contributed by atoms with Crippen LogP contribution in [0, 0.1) is 11.8 Å². The molecule has 0 aromatic rings. The van der Waals surface area contributed by atoms with Gasteiger partial charge in [-0.15, -0.1) is 0 Å². The second-order valence-corrected chi connectivity index (χ2v) is 5.29. The van der Waals surface area contributed by atoms with E-state index in [0.29, 0.717) is 0 Å². The van der Waals surface area contributed by atoms with Crippen LogP contribution in [0.15, 0.2) is 0 Å². The normalized spacial score (nSPS) is 23.2. The van der Waals surface area contributed by atoms with Crippen LogP contribution in [-0.4, -0.2) is 13.1 Å². The Kier molecular flexibility index (Phi) is 7.08. The molecular weight excluding hydrogens is 182 g/mol. The Morgan fingerprint density at radius 2 is 1.87 bits per heavy atom. The fourth-order valence-electron chi connectivity index (χ4n) is 2.65. The molecule has 1 heteroatoms. The van der Waals surface area contributed by atoms with E-state index in [2.05, 4.69) is 19.2 Å². The minimum Gasteiger partial charge on any atom is -0.316 e. The van der Waals surface area contributed by atoms with Crippen molar-refractivity contribution < 1.29 is 0 Å². The van der Waals surface area contributed by atoms with Gasteiger partial charge in [0.15, 0.2) is 0 Å². The predicted octanol–water partition coefficient (Wildman–Crippen LogP) is 3.98. The standard InChI is InChI=1S/C14H29N/c1-3-4-5-6-7-8-9-13(2)14-10-11-15-12-14/h13-15H,3-12H2,1-2H3. The average molecular weight is 211 g/mol. The van der Waals surface area contributed by atoms with Crippen LogP contribution in [0.2, 0.25) is 0 Å². The van der Waals surface area contributed by atoms with Crippen LogP contribution in [0.25, 0.3) is 0 Å². The molecule has 0 aromatic heterocycles. The van der Waals surface area contributed by atoms with E-state index in [0.717, 1.165) is 11.8 Å². The smallest absolute Gasteiger partial charge is 0.00175 e. The van der Waals surface area contributed by atoms with Crippen LogP contribution in [0.3, 0.4) is 0 Å². The molecule has 1 aliphatic heterocycles. The van der Waals surface area contributed by atoms with Crippen molar-refractivity contribution in [2.24, 2.45) is 11.8 Å². The number of unbranched alkanes of at least 4 members (excludes halogenated alkanes) is 5. The van der Waals surface area contributed by atoms with Gasteiger partial charge in [0.25, 0.3) is 0 Å². The Labute approximate surface area is 96.0 Å². The van der Waals surface area contributed by atoms with Crippen LogP contribution < -0.4 is 5.32 Å². The lowest BCUT2D eigenvalue weighted by molar-refractivity contribution is 0.350. The van der Waals surface area contributed by atoms with Crippen molar-refractivity contribution in [3.8, 4) is 0 Å². The molecule has 1 heterocycles. The monoisotopic (exact) mass is 211 g/mol. The van der Waals surface area contributed by atoms with Gasteiger partial charge in [0.05, 0.1) is 0 Å². The van der Waals surface area contributed by atoms with Crippen LogP contribution >= 0.6 is 0 Å². The third-order valence-corrected chi connectivity index (χ3v) is 3.92. The maximum absolute atomic E-state index is 3.47. The molecule has 0 spiro atoms. The molecule has 1 N–H and O–H groups in total. The van der Waals surface area contributed by atoms with E-state index in [9.17, 15) is 0 Å². The van der Waals surface area contributed by atoms with Crippen LogP contribution in [0.1, 0.15) is 65.2 Å². The summed E-state index contributed by atoms with van der Waals surface area (Å²) in [5.74, 6) is 1.92. The molecule has 2 atom stereocenters. The largest absolute Gasteiger partial charge is 0.316 e. The van der Waals surface area contributed by atoms with E-state index in [1.54, 1.807) is 0 Å². The molecule has 1 fully saturated rings. The number of rotatable bonds is 8. The van der Waals surface area contributed by atoms with Crippen LogP contribution in [-0.2, 0) is 0 Å². The predicted molar refractivity (Wildman–Crippen MR) is 68.1 cm³/mol. The minimum absolute atomic E-state index is 0.950. The molecule has 1 rings (SSSR count). The summed E-state index contributed by atoms with van der Waals surface area (Å²) in [5.41, 5.74) is 0. The fraction of sp³-hybridized carbons (Fsp3) is 1.00. The molecule has 15 heavy (non-hydrogen) atoms. The van der Waals surface area contributed by atoms with Gasteiger partial charge in [0.1, 0.15) is 0 Å². The number of nitrogens with one attached hydrogen (secondary N) is 1. The molecule has 1 nitrogen and oxygen atoms in total. The van der Waals surface area contributed by atoms with Gasteiger partial charge in [0, 0.05) is 0 Å². The first-order valence-corrected chi connectivity index (χ1v) is 7.05. The van der Waals surface area contributed by atoms with Crippen molar-refractivity contribution >= 4 is 0 Å². The van der Waals surface area contributed by atoms with Gasteiger partial charge in [0.2, 0.25) is 0 Å². The second-order valence-electron chi connectivity index (χ2n) is 5.29. The van der Waals surface area contributed by atoms with Gasteiger partial charge in [-0.05, 0) is 31.3 Å². The van der Waals surface area contributed by atoms with E-state index in [1.165, 1.54) is 64.5 Å². The summed E-state index contributed by atoms with van der Waals surface area (Å²) in [6.45, 7) is 7.27. The first kappa shape index (κ1) is 13.0. The molecule has 0 aromatic carbocycles. The lowest BCUT2D eigenvalue weighted by atomic mass is 9.88. The molecule has 1 saturated heterocycles. The topological polar surface area (TPSA) is 12.0 Å². The molecule has 0 bridgehead atoms. The second kappa shape index (κ2) is 8.15. The van der Waals surface area contributed by atoms with Crippen LogP contribution in [0.4, 0.5) is 0 Å². The summed E-state index contributed by atoms with van der Waals surface area (Å²) in [6, 6.07) is 0. The number of hydrogen-bond acceptors (Lipinski definition) is 1. The zero-order chi connectivity index (χ0) is 10.9. The van der Waals surface area contributed by atoms with Gasteiger partial charge < -0.3 is 5.32 Å². The van der Waals surface area contributed by atoms with E-state index < -0.39 is 0 Å². The molecule has 90 valence electrons. The summed E-state index contributed by atoms with van der Waals surface area (Å²) >= 11 is 0. The summed E-state index contributed by atoms with van der Waals surface area (Å²) in [6.07, 6.45) is 11.5. The Hall–Kier alpha value is -0.0400. The molecule has 0 saturated carbocycles. The maximum Gasteiger partial charge on any atom is -0.00175 e. The lowest BCUT2D eigenvalue weighted by Gasteiger charge is -2.17. The summed E-state index contributed by atoms with van der Waals surface area (Å²) in [7, 11) is 0. The summed E-state index contributed by atoms with van der Waals surface area (Å²) < 4.78 is 0. The Morgan fingerprint density at radius 1 is 1.13 bits per heavy atom. The molecule has 1 aliphatic rings. The highest BCUT2D eigenvalue weighted by atomic mass is 14.9. The van der Waals surface area contributed by atoms with Crippen molar-refractivity contribution in [1.29, 1.82) is 0 Å². The molecule has 0 radical (unpaired) electrons. The Morgan fingerprint density at radius 3 is 2.53 bits per heavy atom. The van der Waals surface area contributed by atoms with Crippen molar-refractivity contribution in [1.82, 2.24) is 5.32 Å². The first-order valence-electron chi connectivity index (χ1n) is 7.05. The quantitative estimate of drug-likeness (QED) is 0.599. The van der Waals surface area contributed by atoms with Gasteiger partial charge in [-0.1, -0.05) is 58.8 Å². The average Bonchev–Trinajstić information content (AvgIpc) is 2.76. The Bertz CT molecular complexity index is 138. The van der Waals surface area contributed by atoms with E-state index in [4.69, 9.17) is 0 Å². The summed E-state index contributed by atoms with van der Waals surface area (Å²) in [5, 5.41) is 3.47. The third-order valence-electron chi connectivity index (χ3n) is 3.92. The highest BCUT2D eigenvalue weighted by molar-refractivity contribution is 4.75. The Balaban J connectivity index is 1.90. The van der Waals surface area contributed by atoms with Gasteiger partial charge >= 0.3 is 0 Å². The van der Waals surface area contributed by atoms with Gasteiger partial charge in [-0.2, -0.15) is 0 Å². The van der Waals surface area contributed by atoms with Crippen molar-refractivity contribution in [3.63, 3.8) is 0 Å². The van der Waals surface area contributed by atoms with E-state index >= 15 is 0 Å². The molecule has 2 unspecified atom stereocenters. The van der Waals surface area contributed by atoms with Crippen molar-refractivity contribution in [2.45, 2.75) is 65.2 Å². The SMILES string of the molecule is CCCCCCCCC(C)C1CCNC1. The summed E-state index contributed by atoms with van der Waals surface area (Å²) in [4.78, 5) is 0. The van der Waals surface area contributed by atoms with Gasteiger partial charge in [-0.3, -0.25) is 0 Å². The van der Waals surface area contributed by atoms with Crippen LogP contribution in [0.5, 0.6) is 0 Å². The molecule has 0 amide bonds. The van der Waals surface area contributed by atoms with E-state index in [1.807, 2.05) is 0 Å². The first-order chi connectivity index (χ1) is 7.34. The van der Waals surface area contributed by atoms with E-state index in [-0.39, 0.29) is 0 Å². The lowest BCUT2D eigenvalue weighted by Crippen LogP contribution is -2.15. The molecule has 0 aliphatic carbocycles. The molecular formula is C14H29N. The zero-order valence-corrected chi connectivity index (χ0v) is 10.7. The maximum atomic E-state index is 3.47. The third kappa shape index (κ3) is 5.55. The number of hydrogen-bond donors (Lipinski definition) is 1. The minimum atomic E-state index is 0.950. The van der Waals surface area contributed by atoms with Crippen molar-refractivity contribution in [2.75, 3.05) is 13.1 Å². The van der Waals surface area contributed by atoms with Gasteiger partial charge in [-0.25, -0.2) is 0 Å². The fourth-order valence-corrected chi connectivity index (χ4v) is 2.65.